The monoisotopic (exact) mass is 358 g/mol. The lowest BCUT2D eigenvalue weighted by molar-refractivity contribution is 0.375. The van der Waals surface area contributed by atoms with Crippen LogP contribution in [0.1, 0.15) is 26.5 Å². The van der Waals surface area contributed by atoms with Crippen molar-refractivity contribution in [3.05, 3.63) is 42.3 Å². The van der Waals surface area contributed by atoms with E-state index in [4.69, 9.17) is 9.41 Å². The van der Waals surface area contributed by atoms with Crippen LogP contribution in [0.15, 0.2) is 46.0 Å². The van der Waals surface area contributed by atoms with Crippen LogP contribution in [0, 0.1) is 0 Å². The fraction of sp³-hybridized carbons (Fsp3) is 0.474. The SMILES string of the molecule is CCNC(=NCc1coc(-c2ccccc2)n1)N1CCSC(C)(C)C1. The van der Waals surface area contributed by atoms with E-state index in [9.17, 15) is 0 Å². The third-order valence-corrected chi connectivity index (χ3v) is 5.32. The van der Waals surface area contributed by atoms with Gasteiger partial charge in [-0.05, 0) is 32.9 Å². The zero-order valence-electron chi connectivity index (χ0n) is 15.2. The highest BCUT2D eigenvalue weighted by atomic mass is 32.2. The second kappa shape index (κ2) is 7.95. The number of aliphatic imine (C=N–C) groups is 1. The molecule has 0 bridgehead atoms. The van der Waals surface area contributed by atoms with Crippen molar-refractivity contribution in [1.82, 2.24) is 15.2 Å². The summed E-state index contributed by atoms with van der Waals surface area (Å²) in [6.45, 7) is 10.1. The first-order valence-electron chi connectivity index (χ1n) is 8.74. The van der Waals surface area contributed by atoms with Crippen LogP contribution in [0.2, 0.25) is 0 Å². The highest BCUT2D eigenvalue weighted by Crippen LogP contribution is 2.29. The van der Waals surface area contributed by atoms with Crippen molar-refractivity contribution in [1.29, 1.82) is 0 Å². The van der Waals surface area contributed by atoms with Gasteiger partial charge in [-0.25, -0.2) is 9.98 Å². The molecule has 6 heteroatoms. The number of nitrogens with zero attached hydrogens (tertiary/aromatic N) is 3. The van der Waals surface area contributed by atoms with E-state index in [1.165, 1.54) is 0 Å². The van der Waals surface area contributed by atoms with E-state index in [0.717, 1.165) is 42.6 Å². The molecule has 0 aliphatic carbocycles. The van der Waals surface area contributed by atoms with Gasteiger partial charge in [0.15, 0.2) is 5.96 Å². The Labute approximate surface area is 153 Å². The maximum absolute atomic E-state index is 5.60. The molecule has 5 nitrogen and oxygen atoms in total. The normalized spacial score (nSPS) is 17.6. The molecule has 0 atom stereocenters. The molecule has 2 heterocycles. The van der Waals surface area contributed by atoms with Crippen molar-refractivity contribution in [2.24, 2.45) is 4.99 Å². The van der Waals surface area contributed by atoms with Crippen molar-refractivity contribution >= 4 is 17.7 Å². The predicted molar refractivity (Wildman–Crippen MR) is 105 cm³/mol. The smallest absolute Gasteiger partial charge is 0.226 e. The van der Waals surface area contributed by atoms with Crippen molar-refractivity contribution in [2.75, 3.05) is 25.4 Å². The zero-order chi connectivity index (χ0) is 17.7. The molecule has 3 rings (SSSR count). The van der Waals surface area contributed by atoms with Crippen LogP contribution in [0.25, 0.3) is 11.5 Å². The first-order valence-corrected chi connectivity index (χ1v) is 9.73. The Morgan fingerprint density at radius 2 is 2.16 bits per heavy atom. The Balaban J connectivity index is 1.71. The summed E-state index contributed by atoms with van der Waals surface area (Å²) in [5.74, 6) is 2.73. The molecule has 134 valence electrons. The summed E-state index contributed by atoms with van der Waals surface area (Å²) >= 11 is 2.02. The lowest BCUT2D eigenvalue weighted by atomic mass is 10.2. The molecule has 1 aromatic heterocycles. The molecule has 1 N–H and O–H groups in total. The van der Waals surface area contributed by atoms with Crippen molar-refractivity contribution in [2.45, 2.75) is 32.1 Å². The largest absolute Gasteiger partial charge is 0.444 e. The molecular weight excluding hydrogens is 332 g/mol. The van der Waals surface area contributed by atoms with E-state index in [2.05, 4.69) is 36.0 Å². The van der Waals surface area contributed by atoms with Crippen molar-refractivity contribution in [3.63, 3.8) is 0 Å². The Morgan fingerprint density at radius 1 is 1.36 bits per heavy atom. The van der Waals surface area contributed by atoms with Gasteiger partial charge in [0.2, 0.25) is 5.89 Å². The van der Waals surface area contributed by atoms with Crippen molar-refractivity contribution in [3.8, 4) is 11.5 Å². The average molecular weight is 359 g/mol. The molecule has 0 spiro atoms. The average Bonchev–Trinajstić information content (AvgIpc) is 3.07. The van der Waals surface area contributed by atoms with Crippen LogP contribution in [0.4, 0.5) is 0 Å². The molecule has 1 aliphatic rings. The van der Waals surface area contributed by atoms with Crippen LogP contribution in [-0.2, 0) is 6.54 Å². The van der Waals surface area contributed by atoms with Crippen LogP contribution >= 0.6 is 11.8 Å². The Hall–Kier alpha value is -1.95. The Morgan fingerprint density at radius 3 is 2.88 bits per heavy atom. The second-order valence-electron chi connectivity index (χ2n) is 6.71. The van der Waals surface area contributed by atoms with E-state index < -0.39 is 0 Å². The van der Waals surface area contributed by atoms with Crippen LogP contribution in [-0.4, -0.2) is 46.0 Å². The topological polar surface area (TPSA) is 53.7 Å². The van der Waals surface area contributed by atoms with E-state index in [1.54, 1.807) is 6.26 Å². The van der Waals surface area contributed by atoms with Gasteiger partial charge >= 0.3 is 0 Å². The molecular formula is C19H26N4OS. The third-order valence-electron chi connectivity index (χ3n) is 4.02. The van der Waals surface area contributed by atoms with Gasteiger partial charge in [-0.2, -0.15) is 11.8 Å². The van der Waals surface area contributed by atoms with E-state index in [1.807, 2.05) is 42.1 Å². The Bertz CT molecular complexity index is 711. The number of hydrogen-bond acceptors (Lipinski definition) is 4. The maximum Gasteiger partial charge on any atom is 0.226 e. The molecule has 0 amide bonds. The van der Waals surface area contributed by atoms with Crippen LogP contribution < -0.4 is 5.32 Å². The number of nitrogens with one attached hydrogen (secondary N) is 1. The van der Waals surface area contributed by atoms with Gasteiger partial charge in [0.1, 0.15) is 12.0 Å². The fourth-order valence-corrected chi connectivity index (χ4v) is 3.98. The summed E-state index contributed by atoms with van der Waals surface area (Å²) in [5, 5.41) is 3.41. The lowest BCUT2D eigenvalue weighted by Gasteiger charge is -2.39. The molecule has 1 saturated heterocycles. The summed E-state index contributed by atoms with van der Waals surface area (Å²) < 4.78 is 5.86. The molecule has 2 aromatic rings. The fourth-order valence-electron chi connectivity index (χ4n) is 2.87. The minimum Gasteiger partial charge on any atom is -0.444 e. The van der Waals surface area contributed by atoms with Gasteiger partial charge in [-0.15, -0.1) is 0 Å². The van der Waals surface area contributed by atoms with Crippen LogP contribution in [0.3, 0.4) is 0 Å². The lowest BCUT2D eigenvalue weighted by Crippen LogP contribution is -2.50. The number of rotatable bonds is 4. The summed E-state index contributed by atoms with van der Waals surface area (Å²) in [4.78, 5) is 11.7. The molecule has 1 fully saturated rings. The number of aromatic nitrogens is 1. The predicted octanol–water partition coefficient (Wildman–Crippen LogP) is 3.63. The van der Waals surface area contributed by atoms with E-state index >= 15 is 0 Å². The number of thioether (sulfide) groups is 1. The summed E-state index contributed by atoms with van der Waals surface area (Å²) in [6, 6.07) is 9.94. The summed E-state index contributed by atoms with van der Waals surface area (Å²) in [6.07, 6.45) is 1.70. The van der Waals surface area contributed by atoms with Gasteiger partial charge in [0, 0.05) is 35.7 Å². The van der Waals surface area contributed by atoms with Gasteiger partial charge in [0.05, 0.1) is 6.54 Å². The first-order chi connectivity index (χ1) is 12.1. The highest BCUT2D eigenvalue weighted by Gasteiger charge is 2.28. The van der Waals surface area contributed by atoms with E-state index in [-0.39, 0.29) is 4.75 Å². The number of hydrogen-bond donors (Lipinski definition) is 1. The molecule has 0 unspecified atom stereocenters. The van der Waals surface area contributed by atoms with Gasteiger partial charge in [-0.3, -0.25) is 0 Å². The molecule has 0 radical (unpaired) electrons. The zero-order valence-corrected chi connectivity index (χ0v) is 16.0. The molecule has 0 saturated carbocycles. The molecule has 1 aromatic carbocycles. The summed E-state index contributed by atoms with van der Waals surface area (Å²) in [5.41, 5.74) is 1.83. The Kier molecular flexibility index (Phi) is 5.68. The first kappa shape index (κ1) is 17.9. The number of benzene rings is 1. The van der Waals surface area contributed by atoms with Gasteiger partial charge in [0.25, 0.3) is 0 Å². The quantitative estimate of drug-likeness (QED) is 0.668. The minimum atomic E-state index is 0.253. The van der Waals surface area contributed by atoms with Gasteiger partial charge in [-0.1, -0.05) is 18.2 Å². The van der Waals surface area contributed by atoms with Gasteiger partial charge < -0.3 is 14.6 Å². The molecule has 25 heavy (non-hydrogen) atoms. The van der Waals surface area contributed by atoms with Crippen LogP contribution in [0.5, 0.6) is 0 Å². The minimum absolute atomic E-state index is 0.253. The summed E-state index contributed by atoms with van der Waals surface area (Å²) in [7, 11) is 0. The van der Waals surface area contributed by atoms with E-state index in [0.29, 0.717) is 12.4 Å². The number of oxazole rings is 1. The highest BCUT2D eigenvalue weighted by molar-refractivity contribution is 8.00. The van der Waals surface area contributed by atoms with Crippen molar-refractivity contribution < 1.29 is 4.42 Å². The third kappa shape index (κ3) is 4.78. The standard InChI is InChI=1S/C19H26N4OS/c1-4-20-18(23-10-11-25-19(2,3)14-23)21-12-16-13-24-17(22-16)15-8-6-5-7-9-15/h5-9,13H,4,10-12,14H2,1-3H3,(H,20,21). The second-order valence-corrected chi connectivity index (χ2v) is 8.51. The molecule has 1 aliphatic heterocycles. The number of guanidine groups is 1. The maximum atomic E-state index is 5.60.